The number of fused-ring (bicyclic) bond motifs is 6. The van der Waals surface area contributed by atoms with Crippen molar-refractivity contribution in [2.24, 2.45) is 0 Å². The van der Waals surface area contributed by atoms with Crippen molar-refractivity contribution in [1.29, 1.82) is 0 Å². The zero-order valence-corrected chi connectivity index (χ0v) is 23.0. The summed E-state index contributed by atoms with van der Waals surface area (Å²) in [5.74, 6) is 2.12. The molecule has 7 aromatic rings. The molecule has 1 aliphatic carbocycles. The van der Waals surface area contributed by atoms with Crippen LogP contribution in [0.25, 0.3) is 67.1 Å². The highest BCUT2D eigenvalue weighted by Gasteiger charge is 2.21. The molecule has 0 aliphatic heterocycles. The van der Waals surface area contributed by atoms with Crippen LogP contribution in [0.3, 0.4) is 0 Å². The van der Waals surface area contributed by atoms with Crippen LogP contribution in [0.1, 0.15) is 23.4 Å². The molecule has 6 aromatic carbocycles. The number of hydrogen-bond donors (Lipinski definition) is 0. The SMILES string of the molecule is C1=C(c2nc(-c3ccccc3)nc(-c3cccc(-c4ccccc4)c3)n2)CCc2c1c1ccccc1c1ccccc21. The van der Waals surface area contributed by atoms with Crippen LogP contribution in [0, 0.1) is 0 Å². The van der Waals surface area contributed by atoms with E-state index < -0.39 is 0 Å². The molecule has 3 nitrogen and oxygen atoms in total. The van der Waals surface area contributed by atoms with Crippen molar-refractivity contribution in [1.82, 2.24) is 15.0 Å². The lowest BCUT2D eigenvalue weighted by Gasteiger charge is -2.21. The monoisotopic (exact) mass is 537 g/mol. The minimum atomic E-state index is 0.687. The Balaban J connectivity index is 1.32. The van der Waals surface area contributed by atoms with E-state index in [1.807, 2.05) is 24.3 Å². The number of benzene rings is 6. The van der Waals surface area contributed by atoms with Gasteiger partial charge >= 0.3 is 0 Å². The molecule has 1 heterocycles. The molecule has 0 atom stereocenters. The Hall–Kier alpha value is -5.41. The van der Waals surface area contributed by atoms with Crippen LogP contribution < -0.4 is 0 Å². The zero-order valence-electron chi connectivity index (χ0n) is 23.0. The van der Waals surface area contributed by atoms with Gasteiger partial charge in [0.05, 0.1) is 0 Å². The minimum absolute atomic E-state index is 0.687. The van der Waals surface area contributed by atoms with Gasteiger partial charge in [-0.25, -0.2) is 15.0 Å². The van der Waals surface area contributed by atoms with E-state index in [0.717, 1.165) is 40.9 Å². The van der Waals surface area contributed by atoms with E-state index in [9.17, 15) is 0 Å². The highest BCUT2D eigenvalue weighted by molar-refractivity contribution is 6.14. The van der Waals surface area contributed by atoms with Gasteiger partial charge in [-0.05, 0) is 74.4 Å². The second kappa shape index (κ2) is 10.2. The van der Waals surface area contributed by atoms with Crippen LogP contribution in [0.4, 0.5) is 0 Å². The number of aryl methyl sites for hydroxylation is 1. The summed E-state index contributed by atoms with van der Waals surface area (Å²) in [4.78, 5) is 15.2. The molecule has 0 spiro atoms. The molecule has 1 aliphatic rings. The Kier molecular flexibility index (Phi) is 5.93. The van der Waals surface area contributed by atoms with Gasteiger partial charge in [-0.15, -0.1) is 0 Å². The predicted molar refractivity (Wildman–Crippen MR) is 174 cm³/mol. The molecule has 1 aromatic heterocycles. The van der Waals surface area contributed by atoms with E-state index in [0.29, 0.717) is 11.6 Å². The van der Waals surface area contributed by atoms with E-state index in [1.165, 1.54) is 38.2 Å². The molecule has 3 heteroatoms. The van der Waals surface area contributed by atoms with Crippen molar-refractivity contribution in [2.75, 3.05) is 0 Å². The highest BCUT2D eigenvalue weighted by atomic mass is 15.0. The summed E-state index contributed by atoms with van der Waals surface area (Å²) < 4.78 is 0. The third kappa shape index (κ3) is 4.27. The summed E-state index contributed by atoms with van der Waals surface area (Å²) in [5, 5.41) is 5.20. The topological polar surface area (TPSA) is 38.7 Å². The molecule has 0 saturated carbocycles. The number of aromatic nitrogens is 3. The van der Waals surface area contributed by atoms with E-state index in [4.69, 9.17) is 15.0 Å². The first-order valence-corrected chi connectivity index (χ1v) is 14.4. The smallest absolute Gasteiger partial charge is 0.164 e. The van der Waals surface area contributed by atoms with E-state index in [-0.39, 0.29) is 0 Å². The van der Waals surface area contributed by atoms with Gasteiger partial charge in [-0.2, -0.15) is 0 Å². The van der Waals surface area contributed by atoms with Crippen LogP contribution in [-0.4, -0.2) is 15.0 Å². The largest absolute Gasteiger partial charge is 0.209 e. The van der Waals surface area contributed by atoms with Crippen LogP contribution in [0.15, 0.2) is 133 Å². The Morgan fingerprint density at radius 3 is 1.64 bits per heavy atom. The summed E-state index contributed by atoms with van der Waals surface area (Å²) in [7, 11) is 0. The second-order valence-corrected chi connectivity index (χ2v) is 10.8. The number of allylic oxidation sites excluding steroid dienone is 1. The average Bonchev–Trinajstić information content (AvgIpc) is 3.09. The summed E-state index contributed by atoms with van der Waals surface area (Å²) in [5.41, 5.74) is 8.09. The van der Waals surface area contributed by atoms with Gasteiger partial charge in [0.2, 0.25) is 0 Å². The molecule has 0 saturated heterocycles. The molecule has 0 fully saturated rings. The number of hydrogen-bond acceptors (Lipinski definition) is 3. The first kappa shape index (κ1) is 24.4. The fourth-order valence-corrected chi connectivity index (χ4v) is 6.19. The lowest BCUT2D eigenvalue weighted by atomic mass is 9.84. The zero-order chi connectivity index (χ0) is 27.9. The van der Waals surface area contributed by atoms with Crippen molar-refractivity contribution in [3.63, 3.8) is 0 Å². The Morgan fingerprint density at radius 2 is 0.905 bits per heavy atom. The van der Waals surface area contributed by atoms with Gasteiger partial charge in [-0.1, -0.05) is 127 Å². The third-order valence-corrected chi connectivity index (χ3v) is 8.23. The minimum Gasteiger partial charge on any atom is -0.209 e. The van der Waals surface area contributed by atoms with Gasteiger partial charge in [0.1, 0.15) is 0 Å². The van der Waals surface area contributed by atoms with Crippen LogP contribution in [0.2, 0.25) is 0 Å². The molecular formula is C39H27N3. The van der Waals surface area contributed by atoms with Crippen LogP contribution >= 0.6 is 0 Å². The van der Waals surface area contributed by atoms with E-state index in [2.05, 4.69) is 115 Å². The first-order chi connectivity index (χ1) is 20.8. The summed E-state index contributed by atoms with van der Waals surface area (Å²) in [6.45, 7) is 0. The van der Waals surface area contributed by atoms with Crippen LogP contribution in [0.5, 0.6) is 0 Å². The maximum atomic E-state index is 5.11. The van der Waals surface area contributed by atoms with Crippen molar-refractivity contribution in [2.45, 2.75) is 12.8 Å². The quantitative estimate of drug-likeness (QED) is 0.210. The summed E-state index contributed by atoms with van der Waals surface area (Å²) >= 11 is 0. The standard InChI is InChI=1S/C39H27N3/c1-3-12-26(13-4-1)28-16-11-17-29(24-28)38-40-37(27-14-5-2-6-15-27)41-39(42-38)30-22-23-35-33-20-8-7-18-31(33)32-19-9-10-21-34(32)36(35)25-30/h1-21,24-25H,22-23H2. The lowest BCUT2D eigenvalue weighted by molar-refractivity contribution is 0.964. The van der Waals surface area contributed by atoms with Crippen molar-refractivity contribution in [3.05, 3.63) is 150 Å². The van der Waals surface area contributed by atoms with Gasteiger partial charge in [-0.3, -0.25) is 0 Å². The predicted octanol–water partition coefficient (Wildman–Crippen LogP) is 9.67. The molecule has 0 amide bonds. The number of rotatable bonds is 4. The highest BCUT2D eigenvalue weighted by Crippen LogP contribution is 2.40. The summed E-state index contributed by atoms with van der Waals surface area (Å²) in [6.07, 6.45) is 4.14. The molecule has 0 unspecified atom stereocenters. The second-order valence-electron chi connectivity index (χ2n) is 10.8. The molecule has 198 valence electrons. The average molecular weight is 538 g/mol. The molecular weight excluding hydrogens is 510 g/mol. The van der Waals surface area contributed by atoms with E-state index in [1.54, 1.807) is 0 Å². The van der Waals surface area contributed by atoms with Gasteiger partial charge in [0.15, 0.2) is 17.5 Å². The van der Waals surface area contributed by atoms with Gasteiger partial charge in [0, 0.05) is 11.1 Å². The van der Waals surface area contributed by atoms with Gasteiger partial charge < -0.3 is 0 Å². The first-order valence-electron chi connectivity index (χ1n) is 14.4. The molecule has 0 bridgehead atoms. The van der Waals surface area contributed by atoms with Crippen LogP contribution in [-0.2, 0) is 6.42 Å². The lowest BCUT2D eigenvalue weighted by Crippen LogP contribution is -2.07. The summed E-state index contributed by atoms with van der Waals surface area (Å²) in [6, 6.07) is 46.6. The number of nitrogens with zero attached hydrogens (tertiary/aromatic N) is 3. The molecule has 42 heavy (non-hydrogen) atoms. The molecule has 0 N–H and O–H groups in total. The molecule has 0 radical (unpaired) electrons. The fraction of sp³-hybridized carbons (Fsp3) is 0.0513. The maximum Gasteiger partial charge on any atom is 0.164 e. The third-order valence-electron chi connectivity index (χ3n) is 8.23. The fourth-order valence-electron chi connectivity index (χ4n) is 6.19. The van der Waals surface area contributed by atoms with E-state index >= 15 is 0 Å². The maximum absolute atomic E-state index is 5.11. The Bertz CT molecular complexity index is 2130. The Morgan fingerprint density at radius 1 is 0.381 bits per heavy atom. The Labute approximate surface area is 244 Å². The van der Waals surface area contributed by atoms with Gasteiger partial charge in [0.25, 0.3) is 0 Å². The van der Waals surface area contributed by atoms with Crippen molar-refractivity contribution < 1.29 is 0 Å². The normalized spacial score (nSPS) is 12.7. The molecule has 8 rings (SSSR count). The van der Waals surface area contributed by atoms with Crippen molar-refractivity contribution >= 4 is 33.2 Å². The van der Waals surface area contributed by atoms with Crippen molar-refractivity contribution in [3.8, 4) is 33.9 Å².